The van der Waals surface area contributed by atoms with Crippen molar-refractivity contribution in [1.29, 1.82) is 0 Å². The number of halogens is 1. The van der Waals surface area contributed by atoms with Gasteiger partial charge in [-0.15, -0.1) is 0 Å². The van der Waals surface area contributed by atoms with Gasteiger partial charge in [-0.2, -0.15) is 0 Å². The van der Waals surface area contributed by atoms with E-state index >= 15 is 0 Å². The van der Waals surface area contributed by atoms with Gasteiger partial charge in [0.2, 0.25) is 0 Å². The molecule has 114 valence electrons. The molecule has 1 rings (SSSR count). The molecule has 0 amide bonds. The third-order valence-corrected chi connectivity index (χ3v) is 3.51. The highest BCUT2D eigenvalue weighted by Gasteiger charge is 2.13. The highest BCUT2D eigenvalue weighted by molar-refractivity contribution is 6.31. The first-order chi connectivity index (χ1) is 9.45. The summed E-state index contributed by atoms with van der Waals surface area (Å²) in [4.78, 5) is 6.81. The molecule has 0 aliphatic carbocycles. The Balaban J connectivity index is 2.83. The van der Waals surface area contributed by atoms with Crippen LogP contribution in [0.1, 0.15) is 46.6 Å². The second kappa shape index (κ2) is 8.48. The molecule has 0 saturated carbocycles. The largest absolute Gasteiger partial charge is 0.354 e. The van der Waals surface area contributed by atoms with E-state index in [0.29, 0.717) is 12.0 Å². The fourth-order valence-electron chi connectivity index (χ4n) is 2.13. The van der Waals surface area contributed by atoms with Gasteiger partial charge in [0, 0.05) is 25.3 Å². The number of nitrogens with one attached hydrogen (secondary N) is 1. The topological polar surface area (TPSA) is 28.2 Å². The monoisotopic (exact) mass is 297 g/mol. The number of rotatable bonds is 8. The van der Waals surface area contributed by atoms with E-state index in [2.05, 4.69) is 55.9 Å². The Morgan fingerprint density at radius 1 is 1.30 bits per heavy atom. The maximum atomic E-state index is 6.25. The van der Waals surface area contributed by atoms with E-state index in [0.717, 1.165) is 42.5 Å². The minimum Gasteiger partial charge on any atom is -0.354 e. The van der Waals surface area contributed by atoms with E-state index in [1.807, 2.05) is 0 Å². The molecule has 0 atom stereocenters. The van der Waals surface area contributed by atoms with Crippen LogP contribution < -0.4 is 10.2 Å². The van der Waals surface area contributed by atoms with Crippen molar-refractivity contribution in [3.63, 3.8) is 0 Å². The van der Waals surface area contributed by atoms with E-state index in [4.69, 9.17) is 11.6 Å². The second-order valence-electron chi connectivity index (χ2n) is 5.95. The molecule has 0 bridgehead atoms. The summed E-state index contributed by atoms with van der Waals surface area (Å²) >= 11 is 6.25. The maximum absolute atomic E-state index is 6.25. The molecule has 0 aromatic carbocycles. The van der Waals surface area contributed by atoms with Gasteiger partial charge in [0.05, 0.1) is 5.02 Å². The summed E-state index contributed by atoms with van der Waals surface area (Å²) in [6.45, 7) is 13.8. The Morgan fingerprint density at radius 2 is 2.00 bits per heavy atom. The third kappa shape index (κ3) is 5.29. The van der Waals surface area contributed by atoms with Crippen molar-refractivity contribution < 1.29 is 0 Å². The van der Waals surface area contributed by atoms with Crippen molar-refractivity contribution in [3.05, 3.63) is 22.8 Å². The zero-order valence-electron chi connectivity index (χ0n) is 13.4. The van der Waals surface area contributed by atoms with Crippen LogP contribution in [0.4, 0.5) is 5.82 Å². The number of hydrogen-bond acceptors (Lipinski definition) is 3. The van der Waals surface area contributed by atoms with Crippen LogP contribution in [0.15, 0.2) is 12.3 Å². The fourth-order valence-corrected chi connectivity index (χ4v) is 2.30. The molecule has 3 nitrogen and oxygen atoms in total. The Labute approximate surface area is 128 Å². The number of anilines is 1. The quantitative estimate of drug-likeness (QED) is 0.783. The molecule has 1 aromatic rings. The van der Waals surface area contributed by atoms with Crippen LogP contribution in [0.5, 0.6) is 0 Å². The van der Waals surface area contributed by atoms with Gasteiger partial charge in [-0.3, -0.25) is 0 Å². The van der Waals surface area contributed by atoms with Crippen molar-refractivity contribution in [3.8, 4) is 0 Å². The molecule has 4 heteroatoms. The highest BCUT2D eigenvalue weighted by Crippen LogP contribution is 2.22. The Morgan fingerprint density at radius 3 is 2.55 bits per heavy atom. The van der Waals surface area contributed by atoms with Crippen molar-refractivity contribution in [1.82, 2.24) is 10.3 Å². The summed E-state index contributed by atoms with van der Waals surface area (Å²) in [5.41, 5.74) is 1.12. The summed E-state index contributed by atoms with van der Waals surface area (Å²) in [5.74, 6) is 1.66. The van der Waals surface area contributed by atoms with Crippen molar-refractivity contribution in [2.75, 3.05) is 18.0 Å². The summed E-state index contributed by atoms with van der Waals surface area (Å²) in [5, 5.41) is 4.18. The van der Waals surface area contributed by atoms with E-state index < -0.39 is 0 Å². The molecule has 1 aromatic heterocycles. The normalized spacial score (nSPS) is 11.4. The third-order valence-electron chi connectivity index (χ3n) is 3.17. The lowest BCUT2D eigenvalue weighted by molar-refractivity contribution is 0.552. The van der Waals surface area contributed by atoms with Crippen LogP contribution in [-0.2, 0) is 6.54 Å². The van der Waals surface area contributed by atoms with Gasteiger partial charge in [0.15, 0.2) is 0 Å². The molecular weight excluding hydrogens is 270 g/mol. The van der Waals surface area contributed by atoms with Crippen molar-refractivity contribution in [2.45, 2.75) is 53.6 Å². The molecule has 0 unspecified atom stereocenters. The lowest BCUT2D eigenvalue weighted by atomic mass is 10.2. The number of pyridine rings is 1. The Hall–Kier alpha value is -0.800. The second-order valence-corrected chi connectivity index (χ2v) is 6.35. The first-order valence-electron chi connectivity index (χ1n) is 7.57. The molecular formula is C16H28ClN3. The Bertz CT molecular complexity index is 405. The van der Waals surface area contributed by atoms with Crippen molar-refractivity contribution in [2.24, 2.45) is 5.92 Å². The first kappa shape index (κ1) is 17.3. The van der Waals surface area contributed by atoms with E-state index in [-0.39, 0.29) is 0 Å². The Kier molecular flexibility index (Phi) is 7.31. The van der Waals surface area contributed by atoms with E-state index in [9.17, 15) is 0 Å². The van der Waals surface area contributed by atoms with Gasteiger partial charge in [-0.1, -0.05) is 32.4 Å². The summed E-state index contributed by atoms with van der Waals surface area (Å²) < 4.78 is 0. The van der Waals surface area contributed by atoms with Gasteiger partial charge in [-0.25, -0.2) is 4.98 Å². The molecule has 1 heterocycles. The molecule has 0 saturated heterocycles. The summed E-state index contributed by atoms with van der Waals surface area (Å²) in [6.07, 6.45) is 2.89. The molecule has 0 radical (unpaired) electrons. The SMILES string of the molecule is CCCN(c1cc(CNCC(C)C)c(Cl)cn1)C(C)C. The van der Waals surface area contributed by atoms with Crippen LogP contribution in [0.25, 0.3) is 0 Å². The minimum absolute atomic E-state index is 0.445. The molecule has 0 fully saturated rings. The maximum Gasteiger partial charge on any atom is 0.129 e. The standard InChI is InChI=1S/C16H28ClN3/c1-6-7-20(13(4)5)16-8-14(15(17)11-19-16)10-18-9-12(2)3/h8,11-13,18H,6-7,9-10H2,1-5H3. The van der Waals surface area contributed by atoms with Gasteiger partial charge in [0.1, 0.15) is 5.82 Å². The smallest absolute Gasteiger partial charge is 0.129 e. The molecule has 0 aliphatic heterocycles. The molecule has 0 spiro atoms. The summed E-state index contributed by atoms with van der Waals surface area (Å²) in [6, 6.07) is 2.56. The van der Waals surface area contributed by atoms with E-state index in [1.165, 1.54) is 0 Å². The van der Waals surface area contributed by atoms with Crippen LogP contribution in [-0.4, -0.2) is 24.1 Å². The van der Waals surface area contributed by atoms with E-state index in [1.54, 1.807) is 6.20 Å². The van der Waals surface area contributed by atoms with Gasteiger partial charge in [0.25, 0.3) is 0 Å². The van der Waals surface area contributed by atoms with Gasteiger partial charge in [-0.05, 0) is 44.4 Å². The average Bonchev–Trinajstić information content (AvgIpc) is 2.37. The summed E-state index contributed by atoms with van der Waals surface area (Å²) in [7, 11) is 0. The zero-order valence-corrected chi connectivity index (χ0v) is 14.2. The minimum atomic E-state index is 0.445. The lowest BCUT2D eigenvalue weighted by Gasteiger charge is -2.28. The van der Waals surface area contributed by atoms with Crippen molar-refractivity contribution >= 4 is 17.4 Å². The number of aromatic nitrogens is 1. The van der Waals surface area contributed by atoms with Crippen LogP contribution in [0.2, 0.25) is 5.02 Å². The van der Waals surface area contributed by atoms with Crippen LogP contribution in [0, 0.1) is 5.92 Å². The molecule has 1 N–H and O–H groups in total. The average molecular weight is 298 g/mol. The highest BCUT2D eigenvalue weighted by atomic mass is 35.5. The number of nitrogens with zero attached hydrogens (tertiary/aromatic N) is 2. The van der Waals surface area contributed by atoms with Crippen LogP contribution in [0.3, 0.4) is 0 Å². The predicted octanol–water partition coefficient (Wildman–Crippen LogP) is 4.11. The lowest BCUT2D eigenvalue weighted by Crippen LogP contribution is -2.32. The molecule has 20 heavy (non-hydrogen) atoms. The fraction of sp³-hybridized carbons (Fsp3) is 0.688. The predicted molar refractivity (Wildman–Crippen MR) is 88.6 cm³/mol. The van der Waals surface area contributed by atoms with Gasteiger partial charge >= 0.3 is 0 Å². The van der Waals surface area contributed by atoms with Crippen LogP contribution >= 0.6 is 11.6 Å². The number of hydrogen-bond donors (Lipinski definition) is 1. The molecule has 0 aliphatic rings. The zero-order chi connectivity index (χ0) is 15.1. The first-order valence-corrected chi connectivity index (χ1v) is 7.95. The van der Waals surface area contributed by atoms with Gasteiger partial charge < -0.3 is 10.2 Å².